The zero-order valence-electron chi connectivity index (χ0n) is 20.9. The summed E-state index contributed by atoms with van der Waals surface area (Å²) in [5, 5.41) is 3.98. The van der Waals surface area contributed by atoms with Gasteiger partial charge < -0.3 is 23.7 Å². The van der Waals surface area contributed by atoms with Gasteiger partial charge in [0.2, 0.25) is 5.88 Å². The summed E-state index contributed by atoms with van der Waals surface area (Å²) in [6.45, 7) is 4.11. The molecule has 0 aliphatic rings. The van der Waals surface area contributed by atoms with E-state index in [0.29, 0.717) is 11.1 Å². The summed E-state index contributed by atoms with van der Waals surface area (Å²) >= 11 is 2.96. The minimum atomic E-state index is -4.82. The molecule has 0 saturated heterocycles. The number of hydrogen-bond donors (Lipinski definition) is 0. The number of methoxy groups -OCH3 is 2. The van der Waals surface area contributed by atoms with Crippen LogP contribution >= 0.6 is 15.9 Å². The number of carbonyl (C=O) groups is 2. The summed E-state index contributed by atoms with van der Waals surface area (Å²) in [7, 11) is 2.54. The van der Waals surface area contributed by atoms with Gasteiger partial charge in [0.1, 0.15) is 22.9 Å². The summed E-state index contributed by atoms with van der Waals surface area (Å²) in [5.74, 6) is -2.01. The quantitative estimate of drug-likeness (QED) is 0.198. The third-order valence-corrected chi connectivity index (χ3v) is 5.59. The van der Waals surface area contributed by atoms with Crippen LogP contribution in [0.5, 0.6) is 5.88 Å². The molecule has 1 unspecified atom stereocenters. The van der Waals surface area contributed by atoms with Crippen LogP contribution in [0.15, 0.2) is 35.1 Å². The molecule has 1 heterocycles. The molecule has 0 radical (unpaired) electrons. The van der Waals surface area contributed by atoms with E-state index in [-0.39, 0.29) is 31.4 Å². The second-order valence-electron chi connectivity index (χ2n) is 7.97. The molecule has 1 atom stereocenters. The lowest BCUT2D eigenvalue weighted by Gasteiger charge is -2.19. The van der Waals surface area contributed by atoms with E-state index in [2.05, 4.69) is 21.0 Å². The Balaban J connectivity index is 2.40. The highest BCUT2D eigenvalue weighted by Crippen LogP contribution is 2.41. The minimum absolute atomic E-state index is 0.0450. The molecule has 0 spiro atoms. The highest BCUT2D eigenvalue weighted by molar-refractivity contribution is 9.10. The second kappa shape index (κ2) is 13.5. The molecule has 1 aromatic heterocycles. The van der Waals surface area contributed by atoms with Gasteiger partial charge in [-0.25, -0.2) is 4.79 Å². The Labute approximate surface area is 220 Å². The largest absolute Gasteiger partial charge is 0.503 e. The average Bonchev–Trinajstić information content (AvgIpc) is 3.14. The molecule has 0 aliphatic heterocycles. The number of nitrogens with zero attached hydrogens (tertiary/aromatic N) is 2. The van der Waals surface area contributed by atoms with Crippen LogP contribution in [0.4, 0.5) is 13.2 Å². The molecular weight excluding hydrogens is 565 g/mol. The number of carbonyl (C=O) groups excluding carboxylic acids is 2. The number of benzene rings is 1. The molecule has 0 N–H and O–H groups in total. The molecule has 0 saturated carbocycles. The molecule has 13 heteroatoms. The maximum absolute atomic E-state index is 13.9. The Kier molecular flexibility index (Phi) is 11.0. The van der Waals surface area contributed by atoms with E-state index in [9.17, 15) is 22.8 Å². The first-order chi connectivity index (χ1) is 17.4. The minimum Gasteiger partial charge on any atom is -0.503 e. The first-order valence-electron chi connectivity index (χ1n) is 11.0. The summed E-state index contributed by atoms with van der Waals surface area (Å²) < 4.78 is 68.3. The number of hydrogen-bond acceptors (Lipinski definition) is 8. The first kappa shape index (κ1) is 30.2. The molecule has 0 amide bonds. The Bertz CT molecular complexity index is 1120. The molecule has 2 aromatic rings. The lowest BCUT2D eigenvalue weighted by molar-refractivity contribution is -0.151. The second-order valence-corrected chi connectivity index (χ2v) is 8.72. The molecule has 204 valence electrons. The zero-order chi connectivity index (χ0) is 27.8. The number of rotatable bonds is 12. The monoisotopic (exact) mass is 592 g/mol. The van der Waals surface area contributed by atoms with Gasteiger partial charge in [-0.15, -0.1) is 5.10 Å². The summed E-state index contributed by atoms with van der Waals surface area (Å²) in [5.41, 5.74) is -0.347. The van der Waals surface area contributed by atoms with Crippen LogP contribution < -0.4 is 4.74 Å². The van der Waals surface area contributed by atoms with Crippen LogP contribution in [0.25, 0.3) is 5.57 Å². The average molecular weight is 593 g/mol. The molecule has 0 aliphatic carbocycles. The molecule has 37 heavy (non-hydrogen) atoms. The predicted molar refractivity (Wildman–Crippen MR) is 129 cm³/mol. The maximum Gasteiger partial charge on any atom is 0.424 e. The molecular formula is C24H28BrF3N2O7. The van der Waals surface area contributed by atoms with E-state index in [1.165, 1.54) is 27.4 Å². The van der Waals surface area contributed by atoms with Crippen molar-refractivity contribution in [2.24, 2.45) is 0 Å². The van der Waals surface area contributed by atoms with Crippen molar-refractivity contribution in [2.75, 3.05) is 20.8 Å². The number of alkyl halides is 3. The van der Waals surface area contributed by atoms with E-state index in [0.717, 1.165) is 4.68 Å². The predicted octanol–water partition coefficient (Wildman–Crippen LogP) is 4.76. The molecule has 0 fully saturated rings. The van der Waals surface area contributed by atoms with E-state index in [4.69, 9.17) is 23.7 Å². The number of aromatic nitrogens is 2. The van der Waals surface area contributed by atoms with Crippen LogP contribution in [0, 0.1) is 0 Å². The Morgan fingerprint density at radius 3 is 2.43 bits per heavy atom. The number of esters is 2. The fraction of sp³-hybridized carbons (Fsp3) is 0.458. The van der Waals surface area contributed by atoms with Crippen molar-refractivity contribution in [3.63, 3.8) is 0 Å². The van der Waals surface area contributed by atoms with Crippen molar-refractivity contribution in [1.82, 2.24) is 9.78 Å². The normalized spacial score (nSPS) is 12.9. The summed E-state index contributed by atoms with van der Waals surface area (Å²) in [6, 6.07) is 6.45. The van der Waals surface area contributed by atoms with Crippen LogP contribution in [0.3, 0.4) is 0 Å². The summed E-state index contributed by atoms with van der Waals surface area (Å²) in [6.07, 6.45) is -4.73. The first-order valence-corrected chi connectivity index (χ1v) is 11.8. The highest BCUT2D eigenvalue weighted by atomic mass is 79.9. The van der Waals surface area contributed by atoms with Gasteiger partial charge >= 0.3 is 18.1 Å². The van der Waals surface area contributed by atoms with Gasteiger partial charge in [0, 0.05) is 6.92 Å². The van der Waals surface area contributed by atoms with Crippen molar-refractivity contribution < 1.29 is 46.4 Å². The van der Waals surface area contributed by atoms with E-state index in [1.807, 2.05) is 0 Å². The third-order valence-electron chi connectivity index (χ3n) is 4.78. The molecule has 1 aromatic carbocycles. The van der Waals surface area contributed by atoms with Crippen molar-refractivity contribution in [3.05, 3.63) is 51.8 Å². The van der Waals surface area contributed by atoms with Crippen molar-refractivity contribution in [3.8, 4) is 5.88 Å². The van der Waals surface area contributed by atoms with Crippen molar-refractivity contribution >= 4 is 33.4 Å². The van der Waals surface area contributed by atoms with Crippen molar-refractivity contribution in [1.29, 1.82) is 0 Å². The van der Waals surface area contributed by atoms with Gasteiger partial charge in [0.25, 0.3) is 0 Å². The van der Waals surface area contributed by atoms with Gasteiger partial charge in [-0.1, -0.05) is 24.3 Å². The van der Waals surface area contributed by atoms with Gasteiger partial charge in [0.15, 0.2) is 5.56 Å². The van der Waals surface area contributed by atoms with E-state index < -0.39 is 40.3 Å². The molecule has 0 bridgehead atoms. The molecule has 9 nitrogen and oxygen atoms in total. The fourth-order valence-corrected chi connectivity index (χ4v) is 3.86. The maximum atomic E-state index is 13.9. The SMILES string of the molecule is CO/C=C(/C(=O)OC)c1ccccc1COc1nn(CC(COC(C)C)OC(C)=O)c(Br)c1C(F)(F)F. The number of halogens is 4. The third kappa shape index (κ3) is 8.49. The van der Waals surface area contributed by atoms with Gasteiger partial charge in [-0.3, -0.25) is 9.48 Å². The van der Waals surface area contributed by atoms with Gasteiger partial charge in [0.05, 0.1) is 39.7 Å². The van der Waals surface area contributed by atoms with Gasteiger partial charge in [-0.2, -0.15) is 13.2 Å². The zero-order valence-corrected chi connectivity index (χ0v) is 22.5. The highest BCUT2D eigenvalue weighted by Gasteiger charge is 2.41. The molecule has 2 rings (SSSR count). The van der Waals surface area contributed by atoms with Gasteiger partial charge in [-0.05, 0) is 40.9 Å². The van der Waals surface area contributed by atoms with E-state index >= 15 is 0 Å². The lowest BCUT2D eigenvalue weighted by Crippen LogP contribution is -2.29. The standard InChI is InChI=1S/C24H28BrF3N2O7/c1-14(2)35-12-17(37-15(3)31)10-30-21(25)20(24(26,27)28)22(29-30)36-11-16-8-6-7-9-18(16)19(13-33-4)23(32)34-5/h6-9,13-14,17H,10-12H2,1-5H3/b19-13+. The van der Waals surface area contributed by atoms with Crippen molar-refractivity contribution in [2.45, 2.75) is 52.3 Å². The lowest BCUT2D eigenvalue weighted by atomic mass is 10.0. The fourth-order valence-electron chi connectivity index (χ4n) is 3.24. The Hall–Kier alpha value is -3.06. The Morgan fingerprint density at radius 1 is 1.19 bits per heavy atom. The van der Waals surface area contributed by atoms with Crippen LogP contribution in [0.2, 0.25) is 0 Å². The van der Waals surface area contributed by atoms with Crippen LogP contribution in [0.1, 0.15) is 37.5 Å². The van der Waals surface area contributed by atoms with Crippen LogP contribution in [-0.4, -0.2) is 54.8 Å². The van der Waals surface area contributed by atoms with E-state index in [1.54, 1.807) is 38.1 Å². The Morgan fingerprint density at radius 2 is 1.86 bits per heavy atom. The topological polar surface area (TPSA) is 98.1 Å². The smallest absolute Gasteiger partial charge is 0.424 e. The van der Waals surface area contributed by atoms with Crippen LogP contribution in [-0.2, 0) is 47.9 Å². The summed E-state index contributed by atoms with van der Waals surface area (Å²) in [4.78, 5) is 23.7. The number of ether oxygens (including phenoxy) is 5.